The van der Waals surface area contributed by atoms with E-state index in [0.717, 1.165) is 6.07 Å². The van der Waals surface area contributed by atoms with Crippen LogP contribution in [0.4, 0.5) is 22.7 Å². The van der Waals surface area contributed by atoms with Gasteiger partial charge in [-0.1, -0.05) is 29.8 Å². The summed E-state index contributed by atoms with van der Waals surface area (Å²) in [5.41, 5.74) is 0.229. The Kier molecular flexibility index (Phi) is 5.51. The Hall–Kier alpha value is -3.96. The smallest absolute Gasteiger partial charge is 0.298 e. The Morgan fingerprint density at radius 3 is 2.47 bits per heavy atom. The molecular formula is C20H14ClN5O5S. The van der Waals surface area contributed by atoms with Gasteiger partial charge in [0.2, 0.25) is 5.88 Å². The van der Waals surface area contributed by atoms with Gasteiger partial charge in [-0.3, -0.25) is 14.8 Å². The number of hydrogen-bond donors (Lipinski definition) is 3. The van der Waals surface area contributed by atoms with Crippen LogP contribution < -0.4 is 4.72 Å². The molecule has 0 aliphatic heterocycles. The zero-order valence-electron chi connectivity index (χ0n) is 16.1. The maximum Gasteiger partial charge on any atom is 0.298 e. The summed E-state index contributed by atoms with van der Waals surface area (Å²) in [7, 11) is -4.11. The summed E-state index contributed by atoms with van der Waals surface area (Å²) in [6.07, 6.45) is 0. The molecule has 0 fully saturated rings. The van der Waals surface area contributed by atoms with Crippen molar-refractivity contribution in [2.45, 2.75) is 4.90 Å². The van der Waals surface area contributed by atoms with Crippen LogP contribution in [-0.4, -0.2) is 23.4 Å². The molecule has 12 heteroatoms. The standard InChI is InChI=1S/C20H14ClN5O5S/c21-12-5-7-13(8-6-12)25-32(30,31)14-9-10-17(18(11-14)26(28)29)23-24-19-15-3-1-2-4-16(15)22-20(19)27/h1-11,22,25,27H. The largest absolute Gasteiger partial charge is 0.493 e. The molecule has 32 heavy (non-hydrogen) atoms. The van der Waals surface area contributed by atoms with E-state index in [4.69, 9.17) is 11.6 Å². The zero-order chi connectivity index (χ0) is 22.9. The van der Waals surface area contributed by atoms with Crippen LogP contribution in [0, 0.1) is 10.1 Å². The monoisotopic (exact) mass is 471 g/mol. The van der Waals surface area contributed by atoms with Gasteiger partial charge in [0.05, 0.1) is 15.3 Å². The minimum absolute atomic E-state index is 0.107. The van der Waals surface area contributed by atoms with Gasteiger partial charge >= 0.3 is 0 Å². The predicted octanol–water partition coefficient (Wildman–Crippen LogP) is 5.65. The molecule has 0 radical (unpaired) electrons. The summed E-state index contributed by atoms with van der Waals surface area (Å²) in [6, 6.07) is 16.1. The first kappa shape index (κ1) is 21.3. The summed E-state index contributed by atoms with van der Waals surface area (Å²) < 4.78 is 27.6. The number of anilines is 1. The van der Waals surface area contributed by atoms with E-state index in [1.807, 2.05) is 0 Å². The maximum absolute atomic E-state index is 12.7. The quantitative estimate of drug-likeness (QED) is 0.188. The van der Waals surface area contributed by atoms with Crippen molar-refractivity contribution >= 4 is 55.3 Å². The number of hydrogen-bond acceptors (Lipinski definition) is 7. The van der Waals surface area contributed by atoms with Crippen LogP contribution in [0.2, 0.25) is 5.02 Å². The number of nitro benzene ring substituents is 1. The SMILES string of the molecule is O=[N+]([O-])c1cc(S(=O)(=O)Nc2ccc(Cl)cc2)ccc1N=Nc1c(O)[nH]c2ccccc12. The molecule has 0 aliphatic rings. The molecule has 0 atom stereocenters. The number of halogens is 1. The number of H-pyrrole nitrogens is 1. The number of sulfonamides is 1. The molecule has 10 nitrogen and oxygen atoms in total. The highest BCUT2D eigenvalue weighted by Gasteiger charge is 2.22. The minimum Gasteiger partial charge on any atom is -0.493 e. The van der Waals surface area contributed by atoms with Gasteiger partial charge in [0.1, 0.15) is 0 Å². The first-order valence-corrected chi connectivity index (χ1v) is 10.9. The fourth-order valence-electron chi connectivity index (χ4n) is 2.95. The zero-order valence-corrected chi connectivity index (χ0v) is 17.6. The molecule has 0 unspecified atom stereocenters. The third-order valence-corrected chi connectivity index (χ3v) is 6.10. The molecule has 4 aromatic rings. The number of nitrogens with one attached hydrogen (secondary N) is 2. The van der Waals surface area contributed by atoms with Crippen molar-refractivity contribution < 1.29 is 18.4 Å². The fourth-order valence-corrected chi connectivity index (χ4v) is 4.16. The lowest BCUT2D eigenvalue weighted by molar-refractivity contribution is -0.384. The van der Waals surface area contributed by atoms with E-state index in [0.29, 0.717) is 15.9 Å². The van der Waals surface area contributed by atoms with Crippen LogP contribution in [0.25, 0.3) is 10.9 Å². The molecule has 3 aromatic carbocycles. The van der Waals surface area contributed by atoms with Crippen molar-refractivity contribution in [1.82, 2.24) is 4.98 Å². The first-order valence-electron chi connectivity index (χ1n) is 9.03. The molecular weight excluding hydrogens is 458 g/mol. The van der Waals surface area contributed by atoms with Crippen molar-refractivity contribution in [2.75, 3.05) is 4.72 Å². The van der Waals surface area contributed by atoms with Gasteiger partial charge in [-0.2, -0.15) is 0 Å². The van der Waals surface area contributed by atoms with E-state index in [-0.39, 0.29) is 27.8 Å². The van der Waals surface area contributed by atoms with E-state index in [2.05, 4.69) is 19.9 Å². The van der Waals surface area contributed by atoms with Gasteiger partial charge in [-0.05, 0) is 42.5 Å². The van der Waals surface area contributed by atoms with Crippen molar-refractivity contribution in [3.05, 3.63) is 81.9 Å². The Balaban J connectivity index is 1.69. The van der Waals surface area contributed by atoms with E-state index < -0.39 is 20.6 Å². The van der Waals surface area contributed by atoms with Crippen LogP contribution in [0.3, 0.4) is 0 Å². The number of para-hydroxylation sites is 1. The lowest BCUT2D eigenvalue weighted by Gasteiger charge is -2.08. The van der Waals surface area contributed by atoms with Gasteiger partial charge < -0.3 is 10.1 Å². The summed E-state index contributed by atoms with van der Waals surface area (Å²) in [5, 5.41) is 30.4. The highest BCUT2D eigenvalue weighted by atomic mass is 35.5. The van der Waals surface area contributed by atoms with Crippen LogP contribution in [0.1, 0.15) is 0 Å². The van der Waals surface area contributed by atoms with Crippen LogP contribution in [0.15, 0.2) is 81.9 Å². The van der Waals surface area contributed by atoms with Gasteiger partial charge in [-0.15, -0.1) is 10.2 Å². The number of fused-ring (bicyclic) bond motifs is 1. The number of nitrogens with zero attached hydrogens (tertiary/aromatic N) is 3. The molecule has 1 aromatic heterocycles. The summed E-state index contributed by atoms with van der Waals surface area (Å²) in [4.78, 5) is 13.2. The summed E-state index contributed by atoms with van der Waals surface area (Å²) in [6.45, 7) is 0. The van der Waals surface area contributed by atoms with E-state index >= 15 is 0 Å². The molecule has 0 spiro atoms. The minimum atomic E-state index is -4.11. The lowest BCUT2D eigenvalue weighted by Crippen LogP contribution is -2.13. The maximum atomic E-state index is 12.7. The summed E-state index contributed by atoms with van der Waals surface area (Å²) in [5.74, 6) is -0.246. The average Bonchev–Trinajstić information content (AvgIpc) is 3.08. The second-order valence-electron chi connectivity index (χ2n) is 6.59. The lowest BCUT2D eigenvalue weighted by atomic mass is 10.2. The van der Waals surface area contributed by atoms with E-state index in [1.54, 1.807) is 24.3 Å². The second kappa shape index (κ2) is 8.29. The molecule has 4 rings (SSSR count). The number of aromatic amines is 1. The molecule has 0 bridgehead atoms. The van der Waals surface area contributed by atoms with Crippen molar-refractivity contribution in [3.8, 4) is 5.88 Å². The van der Waals surface area contributed by atoms with Crippen molar-refractivity contribution in [3.63, 3.8) is 0 Å². The van der Waals surface area contributed by atoms with Crippen molar-refractivity contribution in [1.29, 1.82) is 0 Å². The molecule has 0 amide bonds. The number of aromatic nitrogens is 1. The van der Waals surface area contributed by atoms with Gasteiger partial charge in [0.15, 0.2) is 11.4 Å². The average molecular weight is 472 g/mol. The Bertz CT molecular complexity index is 1470. The Labute approximate surface area is 186 Å². The normalized spacial score (nSPS) is 11.8. The van der Waals surface area contributed by atoms with Crippen LogP contribution in [0.5, 0.6) is 5.88 Å². The molecule has 162 valence electrons. The fraction of sp³-hybridized carbons (Fsp3) is 0. The highest BCUT2D eigenvalue weighted by Crippen LogP contribution is 2.38. The first-order chi connectivity index (χ1) is 15.2. The van der Waals surface area contributed by atoms with Crippen LogP contribution in [-0.2, 0) is 10.0 Å². The topological polar surface area (TPSA) is 150 Å². The predicted molar refractivity (Wildman–Crippen MR) is 119 cm³/mol. The van der Waals surface area contributed by atoms with Gasteiger partial charge in [-0.25, -0.2) is 8.42 Å². The third-order valence-electron chi connectivity index (χ3n) is 4.47. The molecule has 3 N–H and O–H groups in total. The Morgan fingerprint density at radius 1 is 1.03 bits per heavy atom. The molecule has 0 saturated carbocycles. The molecule has 0 aliphatic carbocycles. The number of benzene rings is 3. The number of azo groups is 1. The van der Waals surface area contributed by atoms with Crippen LogP contribution >= 0.6 is 11.6 Å². The van der Waals surface area contributed by atoms with E-state index in [9.17, 15) is 23.6 Å². The van der Waals surface area contributed by atoms with Gasteiger partial charge in [0, 0.05) is 22.2 Å². The number of nitro groups is 1. The number of rotatable bonds is 6. The van der Waals surface area contributed by atoms with Gasteiger partial charge in [0.25, 0.3) is 15.7 Å². The number of aromatic hydroxyl groups is 1. The van der Waals surface area contributed by atoms with Crippen molar-refractivity contribution in [2.24, 2.45) is 10.2 Å². The molecule has 1 heterocycles. The summed E-state index contributed by atoms with van der Waals surface area (Å²) >= 11 is 5.79. The highest BCUT2D eigenvalue weighted by molar-refractivity contribution is 7.92. The Morgan fingerprint density at radius 2 is 1.75 bits per heavy atom. The van der Waals surface area contributed by atoms with E-state index in [1.165, 1.54) is 36.4 Å². The second-order valence-corrected chi connectivity index (χ2v) is 8.71. The third kappa shape index (κ3) is 4.24. The molecule has 0 saturated heterocycles.